The molecule has 1 unspecified atom stereocenters. The van der Waals surface area contributed by atoms with Crippen molar-refractivity contribution in [3.8, 4) is 0 Å². The highest BCUT2D eigenvalue weighted by Crippen LogP contribution is 2.50. The average molecular weight is 679 g/mol. The molecule has 0 spiro atoms. The summed E-state index contributed by atoms with van der Waals surface area (Å²) in [7, 11) is 0. The van der Waals surface area contributed by atoms with E-state index in [9.17, 15) is 32.3 Å². The van der Waals surface area contributed by atoms with Gasteiger partial charge in [0.15, 0.2) is 0 Å². The average Bonchev–Trinajstić information content (AvgIpc) is 3.92. The van der Waals surface area contributed by atoms with Crippen molar-refractivity contribution in [1.29, 1.82) is 0 Å². The Balaban J connectivity index is 1.48. The maximum Gasteiger partial charge on any atom is 0.410 e. The monoisotopic (exact) mass is 678 g/mol. The predicted molar refractivity (Wildman–Crippen MR) is 168 cm³/mol. The number of alkyl halides is 3. The van der Waals surface area contributed by atoms with E-state index >= 15 is 4.39 Å². The lowest BCUT2D eigenvalue weighted by atomic mass is 9.99. The Morgan fingerprint density at radius 2 is 1.62 bits per heavy atom. The Morgan fingerprint density at radius 1 is 1.00 bits per heavy atom. The predicted octanol–water partition coefficient (Wildman–Crippen LogP) is 5.72. The number of allylic oxidation sites excluding steroid dienone is 1. The van der Waals surface area contributed by atoms with E-state index in [4.69, 9.17) is 4.74 Å². The molecule has 1 heterocycles. The molecule has 2 aromatic rings. The van der Waals surface area contributed by atoms with Gasteiger partial charge in [-0.1, -0.05) is 6.07 Å². The van der Waals surface area contributed by atoms with E-state index in [0.29, 0.717) is 0 Å². The fourth-order valence-electron chi connectivity index (χ4n) is 5.16. The van der Waals surface area contributed by atoms with Gasteiger partial charge in [0, 0.05) is 12.2 Å². The van der Waals surface area contributed by atoms with Crippen LogP contribution < -0.4 is 21.3 Å². The number of carbonyl (C=O) groups excluding carboxylic acids is 4. The molecule has 15 heteroatoms. The molecule has 0 aliphatic heterocycles. The number of halogens is 4. The van der Waals surface area contributed by atoms with Gasteiger partial charge in [0.25, 0.3) is 11.8 Å². The molecule has 1 aromatic heterocycles. The molecule has 2 fully saturated rings. The van der Waals surface area contributed by atoms with Gasteiger partial charge in [0.2, 0.25) is 5.91 Å². The molecule has 2 aliphatic carbocycles. The summed E-state index contributed by atoms with van der Waals surface area (Å²) in [6.07, 6.45) is -1.01. The summed E-state index contributed by atoms with van der Waals surface area (Å²) in [5.41, 5.74) is 0.0292. The van der Waals surface area contributed by atoms with Crippen LogP contribution in [0.3, 0.4) is 0 Å². The van der Waals surface area contributed by atoms with Crippen LogP contribution in [0.25, 0.3) is 0 Å². The van der Waals surface area contributed by atoms with E-state index in [-0.39, 0.29) is 40.5 Å². The summed E-state index contributed by atoms with van der Waals surface area (Å²) in [6.45, 7) is 8.69. The van der Waals surface area contributed by atoms with Crippen LogP contribution in [-0.2, 0) is 14.3 Å². The van der Waals surface area contributed by atoms with Crippen LogP contribution >= 0.6 is 0 Å². The second kappa shape index (κ2) is 14.4. The van der Waals surface area contributed by atoms with E-state index in [1.165, 1.54) is 29.9 Å². The Morgan fingerprint density at radius 3 is 2.15 bits per heavy atom. The minimum absolute atomic E-state index is 0.0479. The van der Waals surface area contributed by atoms with Crippen molar-refractivity contribution < 1.29 is 41.5 Å². The molecular formula is C33H42F4N6O5. The molecule has 48 heavy (non-hydrogen) atoms. The van der Waals surface area contributed by atoms with E-state index in [2.05, 4.69) is 15.7 Å². The first-order valence-electron chi connectivity index (χ1n) is 15.9. The van der Waals surface area contributed by atoms with Crippen LogP contribution in [-0.4, -0.2) is 58.0 Å². The fourth-order valence-corrected chi connectivity index (χ4v) is 5.16. The second-order valence-electron chi connectivity index (χ2n) is 13.5. The second-order valence-corrected chi connectivity index (χ2v) is 13.5. The molecule has 0 radical (unpaired) electrons. The van der Waals surface area contributed by atoms with Gasteiger partial charge in [-0.15, -0.1) is 0 Å². The number of hydrogen-bond acceptors (Lipinski definition) is 6. The zero-order valence-corrected chi connectivity index (χ0v) is 27.8. The van der Waals surface area contributed by atoms with Gasteiger partial charge < -0.3 is 26.0 Å². The van der Waals surface area contributed by atoms with E-state index < -0.39 is 59.9 Å². The summed E-state index contributed by atoms with van der Waals surface area (Å²) in [5, 5.41) is 13.3. The fraction of sp³-hybridized carbons (Fsp3) is 0.545. The van der Waals surface area contributed by atoms with Crippen LogP contribution in [0.1, 0.15) is 95.2 Å². The maximum atomic E-state index is 15.4. The number of rotatable bonds is 12. The summed E-state index contributed by atoms with van der Waals surface area (Å²) >= 11 is 0. The van der Waals surface area contributed by atoms with E-state index in [0.717, 1.165) is 37.3 Å². The minimum atomic E-state index is -4.90. The molecule has 262 valence electrons. The molecule has 1 aromatic carbocycles. The Kier molecular flexibility index (Phi) is 10.9. The first kappa shape index (κ1) is 36.4. The third-order valence-corrected chi connectivity index (χ3v) is 7.88. The number of carbonyl (C=O) groups is 4. The first-order chi connectivity index (χ1) is 22.4. The molecule has 11 nitrogen and oxygen atoms in total. The van der Waals surface area contributed by atoms with Crippen LogP contribution in [0.4, 0.5) is 28.0 Å². The van der Waals surface area contributed by atoms with Crippen molar-refractivity contribution in [2.75, 3.05) is 11.9 Å². The van der Waals surface area contributed by atoms with E-state index in [1.54, 1.807) is 26.8 Å². The molecule has 2 aliphatic rings. The van der Waals surface area contributed by atoms with Gasteiger partial charge in [-0.25, -0.2) is 9.18 Å². The topological polar surface area (TPSA) is 143 Å². The molecule has 4 rings (SSSR count). The highest BCUT2D eigenvalue weighted by Gasteiger charge is 2.42. The Bertz CT molecular complexity index is 1560. The number of alkyl carbamates (subject to hydrolysis) is 1. The first-order valence-corrected chi connectivity index (χ1v) is 15.9. The van der Waals surface area contributed by atoms with E-state index in [1.807, 2.05) is 24.5 Å². The molecule has 2 atom stereocenters. The number of ether oxygens (including phenoxy) is 1. The zero-order chi connectivity index (χ0) is 35.6. The SMILES string of the molecule is CC(C)n1nccc1C(=O)NC(C(=O)Nc1ccc([C@H](C)C(=O)NC(CNC(=O)OC(C)(C)C)C(F)(F)F)cc1F)=C(C1CC1)C1CC1. The quantitative estimate of drug-likeness (QED) is 0.167. The van der Waals surface area contributed by atoms with Crippen molar-refractivity contribution in [1.82, 2.24) is 25.7 Å². The summed E-state index contributed by atoms with van der Waals surface area (Å²) in [4.78, 5) is 51.6. The maximum absolute atomic E-state index is 15.4. The molecule has 4 amide bonds. The third kappa shape index (κ3) is 9.57. The van der Waals surface area contributed by atoms with Crippen molar-refractivity contribution >= 4 is 29.5 Å². The van der Waals surface area contributed by atoms with Crippen LogP contribution in [0, 0.1) is 17.7 Å². The number of aromatic nitrogens is 2. The summed E-state index contributed by atoms with van der Waals surface area (Å²) in [5.74, 6) is -4.18. The number of nitrogens with one attached hydrogen (secondary N) is 4. The lowest BCUT2D eigenvalue weighted by Crippen LogP contribution is -2.53. The number of anilines is 1. The van der Waals surface area contributed by atoms with Crippen molar-refractivity contribution in [2.45, 2.75) is 97.0 Å². The van der Waals surface area contributed by atoms with Crippen LogP contribution in [0.5, 0.6) is 0 Å². The van der Waals surface area contributed by atoms with Crippen molar-refractivity contribution in [2.24, 2.45) is 11.8 Å². The molecule has 0 bridgehead atoms. The molecule has 4 N–H and O–H groups in total. The summed E-state index contributed by atoms with van der Waals surface area (Å²) in [6, 6.07) is 2.47. The highest BCUT2D eigenvalue weighted by atomic mass is 19.4. The molecule has 0 saturated heterocycles. The number of benzene rings is 1. The normalized spacial score (nSPS) is 16.1. The standard InChI is InChI=1S/C33H42F4N6O5/c1-17(2)43-24(13-14-39-43)29(45)42-27(26(19-7-8-19)20-9-10-20)30(46)40-23-12-11-21(15-22(23)34)18(3)28(44)41-25(33(35,36)37)16-38-31(47)48-32(4,5)6/h11-15,17-20,25H,7-10,16H2,1-6H3,(H,38,47)(H,40,46)(H,41,44)(H,42,45)/t18-,25?/m0/s1. The molecular weight excluding hydrogens is 636 g/mol. The lowest BCUT2D eigenvalue weighted by molar-refractivity contribution is -0.161. The largest absolute Gasteiger partial charge is 0.444 e. The third-order valence-electron chi connectivity index (χ3n) is 7.88. The lowest BCUT2D eigenvalue weighted by Gasteiger charge is -2.25. The zero-order valence-electron chi connectivity index (χ0n) is 27.8. The van der Waals surface area contributed by atoms with Gasteiger partial charge in [-0.2, -0.15) is 18.3 Å². The van der Waals surface area contributed by atoms with Crippen LogP contribution in [0.15, 0.2) is 41.7 Å². The smallest absolute Gasteiger partial charge is 0.410 e. The Hall–Kier alpha value is -4.43. The van der Waals surface area contributed by atoms with Gasteiger partial charge in [-0.3, -0.25) is 19.1 Å². The number of nitrogens with zero attached hydrogens (tertiary/aromatic N) is 2. The van der Waals surface area contributed by atoms with Gasteiger partial charge >= 0.3 is 12.3 Å². The van der Waals surface area contributed by atoms with Gasteiger partial charge in [0.05, 0.1) is 18.2 Å². The minimum Gasteiger partial charge on any atom is -0.444 e. The number of hydrogen-bond donors (Lipinski definition) is 4. The van der Waals surface area contributed by atoms with Crippen molar-refractivity contribution in [3.05, 3.63) is 58.8 Å². The summed E-state index contributed by atoms with van der Waals surface area (Å²) < 4.78 is 62.9. The van der Waals surface area contributed by atoms with Gasteiger partial charge in [0.1, 0.15) is 28.9 Å². The number of amides is 4. The van der Waals surface area contributed by atoms with Gasteiger partial charge in [-0.05, 0) is 108 Å². The highest BCUT2D eigenvalue weighted by molar-refractivity contribution is 6.08. The van der Waals surface area contributed by atoms with Crippen LogP contribution in [0.2, 0.25) is 0 Å². The molecule has 2 saturated carbocycles. The van der Waals surface area contributed by atoms with Crippen molar-refractivity contribution in [3.63, 3.8) is 0 Å². The Labute approximate surface area is 276 Å².